The fraction of sp³-hybridized carbons (Fsp3) is 0.238. The highest BCUT2D eigenvalue weighted by Crippen LogP contribution is 2.27. The van der Waals surface area contributed by atoms with Crippen LogP contribution in [-0.2, 0) is 11.3 Å². The Labute approximate surface area is 167 Å². The highest BCUT2D eigenvalue weighted by molar-refractivity contribution is 7.99. The topological polar surface area (TPSA) is 63.9 Å². The molecule has 28 heavy (non-hydrogen) atoms. The first-order valence-electron chi connectivity index (χ1n) is 9.25. The number of fused-ring (bicyclic) bond motifs is 3. The second-order valence-corrected chi connectivity index (χ2v) is 7.45. The first-order chi connectivity index (χ1) is 13.7. The molecule has 7 heteroatoms. The van der Waals surface area contributed by atoms with Gasteiger partial charge in [0.2, 0.25) is 11.1 Å². The molecular weight excluding hydrogens is 370 g/mol. The van der Waals surface area contributed by atoms with E-state index in [2.05, 4.69) is 27.8 Å². The van der Waals surface area contributed by atoms with E-state index in [9.17, 15) is 4.79 Å². The molecule has 0 fully saturated rings. The van der Waals surface area contributed by atoms with Crippen LogP contribution in [-0.4, -0.2) is 38.5 Å². The van der Waals surface area contributed by atoms with Crippen molar-refractivity contribution in [2.75, 3.05) is 17.7 Å². The van der Waals surface area contributed by atoms with E-state index >= 15 is 0 Å². The predicted octanol–water partition coefficient (Wildman–Crippen LogP) is 4.14. The number of aryl methyl sites for hydroxylation is 1. The van der Waals surface area contributed by atoms with Crippen LogP contribution < -0.4 is 4.90 Å². The third-order valence-corrected chi connectivity index (χ3v) is 5.47. The van der Waals surface area contributed by atoms with Gasteiger partial charge in [-0.3, -0.25) is 4.79 Å². The van der Waals surface area contributed by atoms with Crippen LogP contribution in [0.15, 0.2) is 59.8 Å². The number of carbonyl (C=O) groups excluding carboxylic acids is 1. The molecule has 0 saturated heterocycles. The van der Waals surface area contributed by atoms with Gasteiger partial charge in [-0.1, -0.05) is 55.1 Å². The Balaban J connectivity index is 1.59. The highest BCUT2D eigenvalue weighted by Gasteiger charge is 2.16. The molecule has 0 N–H and O–H groups in total. The van der Waals surface area contributed by atoms with Crippen LogP contribution in [0.1, 0.15) is 13.3 Å². The summed E-state index contributed by atoms with van der Waals surface area (Å²) >= 11 is 1.31. The van der Waals surface area contributed by atoms with Gasteiger partial charge < -0.3 is 9.47 Å². The minimum atomic E-state index is -0.00556. The molecule has 4 rings (SSSR count). The summed E-state index contributed by atoms with van der Waals surface area (Å²) in [6.07, 6.45) is 1.00. The Morgan fingerprint density at radius 2 is 1.82 bits per heavy atom. The quantitative estimate of drug-likeness (QED) is 0.462. The van der Waals surface area contributed by atoms with Gasteiger partial charge in [0.25, 0.3) is 0 Å². The van der Waals surface area contributed by atoms with Crippen LogP contribution >= 0.6 is 11.8 Å². The molecule has 0 aliphatic carbocycles. The number of benzene rings is 2. The Kier molecular flexibility index (Phi) is 5.25. The molecule has 0 saturated carbocycles. The molecule has 0 atom stereocenters. The number of aromatic nitrogens is 4. The first kappa shape index (κ1) is 18.4. The summed E-state index contributed by atoms with van der Waals surface area (Å²) in [5.74, 6) is 0.251. The van der Waals surface area contributed by atoms with Crippen molar-refractivity contribution in [2.24, 2.45) is 0 Å². The van der Waals surface area contributed by atoms with E-state index in [1.165, 1.54) is 11.8 Å². The predicted molar refractivity (Wildman–Crippen MR) is 114 cm³/mol. The molecule has 0 spiro atoms. The Hall–Kier alpha value is -2.93. The number of rotatable bonds is 6. The van der Waals surface area contributed by atoms with Crippen molar-refractivity contribution in [3.8, 4) is 0 Å². The maximum absolute atomic E-state index is 12.5. The number of hydrogen-bond donors (Lipinski definition) is 0. The van der Waals surface area contributed by atoms with Crippen molar-refractivity contribution in [3.63, 3.8) is 0 Å². The van der Waals surface area contributed by atoms with E-state index in [1.807, 2.05) is 48.5 Å². The first-order valence-corrected chi connectivity index (χ1v) is 10.2. The average molecular weight is 392 g/mol. The summed E-state index contributed by atoms with van der Waals surface area (Å²) in [5, 5.41) is 10.2. The fourth-order valence-electron chi connectivity index (χ4n) is 3.22. The van der Waals surface area contributed by atoms with E-state index in [4.69, 9.17) is 4.98 Å². The third kappa shape index (κ3) is 3.45. The Morgan fingerprint density at radius 1 is 1.07 bits per heavy atom. The second kappa shape index (κ2) is 7.98. The lowest BCUT2D eigenvalue weighted by Crippen LogP contribution is -2.27. The molecule has 0 radical (unpaired) electrons. The molecule has 0 aliphatic rings. The molecule has 142 valence electrons. The Bertz CT molecular complexity index is 1130. The van der Waals surface area contributed by atoms with Gasteiger partial charge >= 0.3 is 0 Å². The van der Waals surface area contributed by atoms with Crippen LogP contribution in [0.4, 0.5) is 5.69 Å². The zero-order valence-electron chi connectivity index (χ0n) is 15.9. The van der Waals surface area contributed by atoms with E-state index in [-0.39, 0.29) is 11.7 Å². The van der Waals surface area contributed by atoms with Crippen molar-refractivity contribution in [2.45, 2.75) is 25.0 Å². The van der Waals surface area contributed by atoms with Gasteiger partial charge in [-0.15, -0.1) is 10.2 Å². The normalized spacial score (nSPS) is 11.2. The number of carbonyl (C=O) groups is 1. The van der Waals surface area contributed by atoms with Crippen molar-refractivity contribution < 1.29 is 4.79 Å². The summed E-state index contributed by atoms with van der Waals surface area (Å²) in [7, 11) is 1.78. The van der Waals surface area contributed by atoms with Gasteiger partial charge in [0.05, 0.1) is 11.3 Å². The van der Waals surface area contributed by atoms with Gasteiger partial charge in [-0.05, 0) is 24.6 Å². The summed E-state index contributed by atoms with van der Waals surface area (Å²) in [5.41, 5.74) is 3.61. The number of anilines is 1. The lowest BCUT2D eigenvalue weighted by molar-refractivity contribution is -0.115. The molecule has 2 aromatic carbocycles. The van der Waals surface area contributed by atoms with Crippen LogP contribution in [0.2, 0.25) is 0 Å². The van der Waals surface area contributed by atoms with Crippen molar-refractivity contribution in [3.05, 3.63) is 54.6 Å². The molecule has 0 unspecified atom stereocenters. The fourth-order valence-corrected chi connectivity index (χ4v) is 3.91. The largest absolute Gasteiger partial charge is 0.324 e. The maximum Gasteiger partial charge on any atom is 0.237 e. The number of para-hydroxylation sites is 2. The third-order valence-electron chi connectivity index (χ3n) is 4.64. The van der Waals surface area contributed by atoms with Gasteiger partial charge in [-0.2, -0.15) is 0 Å². The summed E-state index contributed by atoms with van der Waals surface area (Å²) < 4.78 is 2.18. The van der Waals surface area contributed by atoms with Gasteiger partial charge in [0, 0.05) is 24.7 Å². The highest BCUT2D eigenvalue weighted by atomic mass is 32.2. The van der Waals surface area contributed by atoms with Crippen LogP contribution in [0.3, 0.4) is 0 Å². The smallest absolute Gasteiger partial charge is 0.237 e. The lowest BCUT2D eigenvalue weighted by Gasteiger charge is -2.16. The van der Waals surface area contributed by atoms with Crippen LogP contribution in [0, 0.1) is 0 Å². The minimum absolute atomic E-state index is 0.00556. The SMILES string of the molecule is CCCn1c2ccccc2c2nnc(SCC(=O)N(C)c3ccccc3)nc21. The number of nitrogens with zero attached hydrogens (tertiary/aromatic N) is 5. The summed E-state index contributed by atoms with van der Waals surface area (Å²) in [6, 6.07) is 17.7. The molecule has 0 aliphatic heterocycles. The second-order valence-electron chi connectivity index (χ2n) is 6.51. The number of hydrogen-bond acceptors (Lipinski definition) is 5. The van der Waals surface area contributed by atoms with E-state index in [0.29, 0.717) is 5.16 Å². The number of thioether (sulfide) groups is 1. The number of amides is 1. The van der Waals surface area contributed by atoms with Gasteiger partial charge in [0.15, 0.2) is 5.65 Å². The maximum atomic E-state index is 12.5. The molecule has 6 nitrogen and oxygen atoms in total. The minimum Gasteiger partial charge on any atom is -0.324 e. The van der Waals surface area contributed by atoms with E-state index < -0.39 is 0 Å². The molecule has 4 aromatic rings. The van der Waals surface area contributed by atoms with E-state index in [0.717, 1.165) is 40.7 Å². The van der Waals surface area contributed by atoms with Crippen molar-refractivity contribution >= 4 is 45.4 Å². The molecule has 0 bridgehead atoms. The van der Waals surface area contributed by atoms with Crippen molar-refractivity contribution in [1.29, 1.82) is 0 Å². The summed E-state index contributed by atoms with van der Waals surface area (Å²) in [6.45, 7) is 3.01. The molecular formula is C21H21N5OS. The Morgan fingerprint density at radius 3 is 2.61 bits per heavy atom. The molecule has 1 amide bonds. The van der Waals surface area contributed by atoms with Gasteiger partial charge in [0.1, 0.15) is 5.52 Å². The monoisotopic (exact) mass is 391 g/mol. The van der Waals surface area contributed by atoms with E-state index in [1.54, 1.807) is 11.9 Å². The van der Waals surface area contributed by atoms with Crippen LogP contribution in [0.25, 0.3) is 22.1 Å². The molecule has 2 aromatic heterocycles. The summed E-state index contributed by atoms with van der Waals surface area (Å²) in [4.78, 5) is 18.9. The van der Waals surface area contributed by atoms with Gasteiger partial charge in [-0.25, -0.2) is 4.98 Å². The molecule has 2 heterocycles. The zero-order chi connectivity index (χ0) is 19.5. The lowest BCUT2D eigenvalue weighted by atomic mass is 10.2. The average Bonchev–Trinajstić information content (AvgIpc) is 3.06. The van der Waals surface area contributed by atoms with Crippen LogP contribution in [0.5, 0.6) is 0 Å². The standard InChI is InChI=1S/C21H21N5OS/c1-3-13-26-17-12-8-7-11-16(17)19-20(26)22-21(24-23-19)28-14-18(27)25(2)15-9-5-4-6-10-15/h4-12H,3,13-14H2,1-2H3. The zero-order valence-corrected chi connectivity index (χ0v) is 16.7. The van der Waals surface area contributed by atoms with Crippen molar-refractivity contribution in [1.82, 2.24) is 19.7 Å².